The molecule has 1 aromatic heterocycles. The quantitative estimate of drug-likeness (QED) is 0.726. The van der Waals surface area contributed by atoms with Gasteiger partial charge in [0.2, 0.25) is 0 Å². The van der Waals surface area contributed by atoms with E-state index in [1.54, 1.807) is 6.20 Å². The highest BCUT2D eigenvalue weighted by Crippen LogP contribution is 2.38. The standard InChI is InChI=1S/C21H19ClN4/c1-14-3-2-4-18(22)20(14)21(7-8-24-13-21)26-17-6-5-16-9-15(11-23)12-25-19(16)10-17/h2-6,9-10,12,24,26H,7-8,13H2,1H3/t21-/m0/s1. The Morgan fingerprint density at radius 1 is 1.27 bits per heavy atom. The van der Waals surface area contributed by atoms with Crippen LogP contribution in [0.4, 0.5) is 5.69 Å². The van der Waals surface area contributed by atoms with Crippen LogP contribution in [-0.2, 0) is 5.54 Å². The maximum Gasteiger partial charge on any atom is 0.101 e. The van der Waals surface area contributed by atoms with Crippen molar-refractivity contribution < 1.29 is 0 Å². The number of anilines is 1. The Labute approximate surface area is 157 Å². The van der Waals surface area contributed by atoms with Gasteiger partial charge in [0, 0.05) is 34.4 Å². The SMILES string of the molecule is Cc1cccc(Cl)c1[C@]1(Nc2ccc3cc(C#N)cnc3c2)CCNC1. The van der Waals surface area contributed by atoms with Crippen LogP contribution in [0.3, 0.4) is 0 Å². The van der Waals surface area contributed by atoms with E-state index in [0.717, 1.165) is 46.7 Å². The van der Waals surface area contributed by atoms with Gasteiger partial charge in [-0.15, -0.1) is 0 Å². The van der Waals surface area contributed by atoms with Gasteiger partial charge in [-0.2, -0.15) is 5.26 Å². The van der Waals surface area contributed by atoms with E-state index in [9.17, 15) is 0 Å². The summed E-state index contributed by atoms with van der Waals surface area (Å²) in [6.07, 6.45) is 2.56. The third kappa shape index (κ3) is 2.90. The lowest BCUT2D eigenvalue weighted by Crippen LogP contribution is -2.38. The van der Waals surface area contributed by atoms with Crippen LogP contribution < -0.4 is 10.6 Å². The van der Waals surface area contributed by atoms with E-state index in [0.29, 0.717) is 5.56 Å². The molecule has 2 aromatic carbocycles. The predicted octanol–water partition coefficient (Wildman–Crippen LogP) is 4.37. The lowest BCUT2D eigenvalue weighted by atomic mass is 9.85. The number of hydrogen-bond acceptors (Lipinski definition) is 4. The second-order valence-electron chi connectivity index (χ2n) is 6.81. The zero-order chi connectivity index (χ0) is 18.1. The molecule has 2 heterocycles. The first kappa shape index (κ1) is 16.8. The molecule has 0 spiro atoms. The highest BCUT2D eigenvalue weighted by molar-refractivity contribution is 6.31. The normalized spacial score (nSPS) is 19.4. The van der Waals surface area contributed by atoms with E-state index in [2.05, 4.69) is 34.7 Å². The molecule has 5 heteroatoms. The van der Waals surface area contributed by atoms with Crippen molar-refractivity contribution in [3.05, 3.63) is 70.4 Å². The average Bonchev–Trinajstić information content (AvgIpc) is 3.10. The number of fused-ring (bicyclic) bond motifs is 1. The number of hydrogen-bond donors (Lipinski definition) is 2. The monoisotopic (exact) mass is 362 g/mol. The zero-order valence-electron chi connectivity index (χ0n) is 14.5. The Morgan fingerprint density at radius 2 is 2.15 bits per heavy atom. The highest BCUT2D eigenvalue weighted by Gasteiger charge is 2.38. The largest absolute Gasteiger partial charge is 0.374 e. The summed E-state index contributed by atoms with van der Waals surface area (Å²) >= 11 is 6.58. The molecule has 0 radical (unpaired) electrons. The first-order valence-electron chi connectivity index (χ1n) is 8.66. The van der Waals surface area contributed by atoms with Gasteiger partial charge in [-0.25, -0.2) is 0 Å². The zero-order valence-corrected chi connectivity index (χ0v) is 15.3. The molecule has 3 aromatic rings. The van der Waals surface area contributed by atoms with Crippen LogP contribution in [-0.4, -0.2) is 18.1 Å². The minimum atomic E-state index is -0.247. The van der Waals surface area contributed by atoms with Gasteiger partial charge in [0.05, 0.1) is 16.6 Å². The molecule has 0 amide bonds. The van der Waals surface area contributed by atoms with E-state index in [1.807, 2.05) is 36.4 Å². The number of aromatic nitrogens is 1. The number of halogens is 1. The van der Waals surface area contributed by atoms with E-state index in [-0.39, 0.29) is 5.54 Å². The Kier molecular flexibility index (Phi) is 4.28. The molecule has 4 rings (SSSR count). The summed E-state index contributed by atoms with van der Waals surface area (Å²) in [5.41, 5.74) is 4.53. The summed E-state index contributed by atoms with van der Waals surface area (Å²) in [6, 6.07) is 16.1. The van der Waals surface area contributed by atoms with Gasteiger partial charge in [-0.3, -0.25) is 4.98 Å². The van der Waals surface area contributed by atoms with Crippen molar-refractivity contribution in [2.24, 2.45) is 0 Å². The third-order valence-electron chi connectivity index (χ3n) is 5.05. The summed E-state index contributed by atoms with van der Waals surface area (Å²) in [5, 5.41) is 18.0. The van der Waals surface area contributed by atoms with Crippen LogP contribution in [0, 0.1) is 18.3 Å². The summed E-state index contributed by atoms with van der Waals surface area (Å²) < 4.78 is 0. The molecule has 0 aliphatic carbocycles. The molecule has 4 nitrogen and oxygen atoms in total. The Bertz CT molecular complexity index is 996. The molecule has 1 saturated heterocycles. The number of aryl methyl sites for hydroxylation is 1. The summed E-state index contributed by atoms with van der Waals surface area (Å²) in [7, 11) is 0. The Hall–Kier alpha value is -2.61. The Balaban J connectivity index is 1.76. The van der Waals surface area contributed by atoms with E-state index < -0.39 is 0 Å². The minimum absolute atomic E-state index is 0.247. The van der Waals surface area contributed by atoms with Crippen molar-refractivity contribution >= 4 is 28.2 Å². The molecule has 2 N–H and O–H groups in total. The third-order valence-corrected chi connectivity index (χ3v) is 5.37. The molecule has 0 bridgehead atoms. The predicted molar refractivity (Wildman–Crippen MR) is 105 cm³/mol. The minimum Gasteiger partial charge on any atom is -0.374 e. The molecule has 1 fully saturated rings. The van der Waals surface area contributed by atoms with Gasteiger partial charge < -0.3 is 10.6 Å². The first-order chi connectivity index (χ1) is 12.6. The van der Waals surface area contributed by atoms with Crippen molar-refractivity contribution in [2.45, 2.75) is 18.9 Å². The summed E-state index contributed by atoms with van der Waals surface area (Å²) in [6.45, 7) is 3.86. The van der Waals surface area contributed by atoms with Gasteiger partial charge in [-0.1, -0.05) is 29.8 Å². The van der Waals surface area contributed by atoms with Crippen LogP contribution in [0.2, 0.25) is 5.02 Å². The van der Waals surface area contributed by atoms with Gasteiger partial charge in [-0.05, 0) is 49.7 Å². The van der Waals surface area contributed by atoms with Crippen molar-refractivity contribution in [3.63, 3.8) is 0 Å². The van der Waals surface area contributed by atoms with E-state index >= 15 is 0 Å². The first-order valence-corrected chi connectivity index (χ1v) is 9.03. The van der Waals surface area contributed by atoms with Crippen LogP contribution in [0.15, 0.2) is 48.7 Å². The van der Waals surface area contributed by atoms with Crippen molar-refractivity contribution in [1.82, 2.24) is 10.3 Å². The maximum absolute atomic E-state index is 9.03. The van der Waals surface area contributed by atoms with Crippen LogP contribution in [0.1, 0.15) is 23.1 Å². The van der Waals surface area contributed by atoms with Crippen LogP contribution >= 0.6 is 11.6 Å². The second kappa shape index (κ2) is 6.60. The van der Waals surface area contributed by atoms with Crippen LogP contribution in [0.25, 0.3) is 10.9 Å². The molecular weight excluding hydrogens is 344 g/mol. The van der Waals surface area contributed by atoms with Crippen LogP contribution in [0.5, 0.6) is 0 Å². The van der Waals surface area contributed by atoms with Gasteiger partial charge >= 0.3 is 0 Å². The fraction of sp³-hybridized carbons (Fsp3) is 0.238. The fourth-order valence-corrected chi connectivity index (χ4v) is 4.25. The highest BCUT2D eigenvalue weighted by atomic mass is 35.5. The number of pyridine rings is 1. The lowest BCUT2D eigenvalue weighted by Gasteiger charge is -2.33. The van der Waals surface area contributed by atoms with Crippen molar-refractivity contribution in [3.8, 4) is 6.07 Å². The number of nitrogens with zero attached hydrogens (tertiary/aromatic N) is 2. The molecule has 1 aliphatic heterocycles. The molecule has 0 unspecified atom stereocenters. The van der Waals surface area contributed by atoms with Gasteiger partial charge in [0.1, 0.15) is 6.07 Å². The maximum atomic E-state index is 9.03. The lowest BCUT2D eigenvalue weighted by molar-refractivity contribution is 0.540. The van der Waals surface area contributed by atoms with Gasteiger partial charge in [0.25, 0.3) is 0 Å². The summed E-state index contributed by atoms with van der Waals surface area (Å²) in [5.74, 6) is 0. The molecule has 1 aliphatic rings. The topological polar surface area (TPSA) is 60.7 Å². The second-order valence-corrected chi connectivity index (χ2v) is 7.22. The molecule has 1 atom stereocenters. The van der Waals surface area contributed by atoms with Crippen molar-refractivity contribution in [2.75, 3.05) is 18.4 Å². The van der Waals surface area contributed by atoms with E-state index in [4.69, 9.17) is 16.9 Å². The molecular formula is C21H19ClN4. The number of nitrogens with one attached hydrogen (secondary N) is 2. The fourth-order valence-electron chi connectivity index (χ4n) is 3.85. The van der Waals surface area contributed by atoms with Crippen molar-refractivity contribution in [1.29, 1.82) is 5.26 Å². The molecule has 0 saturated carbocycles. The average molecular weight is 363 g/mol. The van der Waals surface area contributed by atoms with E-state index in [1.165, 1.54) is 5.56 Å². The number of benzene rings is 2. The molecule has 130 valence electrons. The summed E-state index contributed by atoms with van der Waals surface area (Å²) in [4.78, 5) is 4.41. The van der Waals surface area contributed by atoms with Gasteiger partial charge in [0.15, 0.2) is 0 Å². The number of nitriles is 1. The Morgan fingerprint density at radius 3 is 2.88 bits per heavy atom. The number of rotatable bonds is 3. The smallest absolute Gasteiger partial charge is 0.101 e. The molecule has 26 heavy (non-hydrogen) atoms.